The largest absolute Gasteiger partial charge is 0.433 e. The molecule has 9 heteroatoms. The Bertz CT molecular complexity index is 1280. The number of aliphatic hydroxyl groups excluding tert-OH is 1. The van der Waals surface area contributed by atoms with Gasteiger partial charge < -0.3 is 10.8 Å². The van der Waals surface area contributed by atoms with Crippen LogP contribution in [0.15, 0.2) is 60.8 Å². The summed E-state index contributed by atoms with van der Waals surface area (Å²) in [5.74, 6) is 0.280. The molecule has 0 unspecified atom stereocenters. The molecule has 1 aliphatic rings. The predicted molar refractivity (Wildman–Crippen MR) is 113 cm³/mol. The normalized spacial score (nSPS) is 19.7. The van der Waals surface area contributed by atoms with Crippen LogP contribution in [-0.2, 0) is 6.18 Å². The van der Waals surface area contributed by atoms with E-state index in [2.05, 4.69) is 10.1 Å². The number of alkyl halides is 3. The molecule has 1 fully saturated rings. The van der Waals surface area contributed by atoms with Gasteiger partial charge in [0.1, 0.15) is 5.69 Å². The Morgan fingerprint density at radius 3 is 2.56 bits per heavy atom. The molecular formula is C23H20F3N5O. The van der Waals surface area contributed by atoms with E-state index in [0.29, 0.717) is 24.1 Å². The van der Waals surface area contributed by atoms with Crippen LogP contribution in [0.25, 0.3) is 28.0 Å². The molecule has 6 nitrogen and oxygen atoms in total. The summed E-state index contributed by atoms with van der Waals surface area (Å²) in [6.45, 7) is 0. The fourth-order valence-electron chi connectivity index (χ4n) is 4.02. The first kappa shape index (κ1) is 20.6. The number of pyridine rings is 2. The summed E-state index contributed by atoms with van der Waals surface area (Å²) in [4.78, 5) is 8.45. The number of hydrogen-bond donors (Lipinski definition) is 2. The third-order valence-electron chi connectivity index (χ3n) is 5.88. The van der Waals surface area contributed by atoms with Gasteiger partial charge in [0.2, 0.25) is 0 Å². The second kappa shape index (κ2) is 7.68. The molecule has 0 aliphatic heterocycles. The van der Waals surface area contributed by atoms with Crippen molar-refractivity contribution >= 4 is 10.9 Å². The molecule has 4 aromatic rings. The minimum Gasteiger partial charge on any atom is -0.393 e. The molecule has 164 valence electrons. The molecule has 1 aliphatic carbocycles. The molecule has 0 bridgehead atoms. The topological polar surface area (TPSA) is 89.9 Å². The molecule has 3 heterocycles. The number of halogens is 3. The minimum atomic E-state index is -4.54. The van der Waals surface area contributed by atoms with E-state index < -0.39 is 11.9 Å². The van der Waals surface area contributed by atoms with Gasteiger partial charge in [-0.3, -0.25) is 4.98 Å². The molecule has 3 N–H and O–H groups in total. The molecule has 0 amide bonds. The van der Waals surface area contributed by atoms with Crippen molar-refractivity contribution in [1.29, 1.82) is 0 Å². The Hall–Kier alpha value is -3.30. The van der Waals surface area contributed by atoms with Crippen LogP contribution >= 0.6 is 0 Å². The highest BCUT2D eigenvalue weighted by Gasteiger charge is 2.34. The van der Waals surface area contributed by atoms with Gasteiger partial charge in [-0.15, -0.1) is 0 Å². The lowest BCUT2D eigenvalue weighted by Gasteiger charge is -2.35. The van der Waals surface area contributed by atoms with Gasteiger partial charge in [-0.05, 0) is 49.1 Å². The molecular weight excluding hydrogens is 419 g/mol. The van der Waals surface area contributed by atoms with E-state index in [1.54, 1.807) is 6.20 Å². The monoisotopic (exact) mass is 439 g/mol. The van der Waals surface area contributed by atoms with Crippen LogP contribution in [0.1, 0.15) is 30.3 Å². The van der Waals surface area contributed by atoms with E-state index >= 15 is 0 Å². The van der Waals surface area contributed by atoms with Crippen molar-refractivity contribution in [3.05, 3.63) is 72.2 Å². The maximum Gasteiger partial charge on any atom is 0.433 e. The van der Waals surface area contributed by atoms with Crippen molar-refractivity contribution in [3.8, 4) is 17.1 Å². The Morgan fingerprint density at radius 1 is 1.03 bits per heavy atom. The first-order valence-electron chi connectivity index (χ1n) is 10.2. The van der Waals surface area contributed by atoms with Crippen molar-refractivity contribution in [2.75, 3.05) is 0 Å². The predicted octanol–water partition coefficient (Wildman–Crippen LogP) is 4.27. The van der Waals surface area contributed by atoms with E-state index in [1.165, 1.54) is 16.8 Å². The zero-order valence-electron chi connectivity index (χ0n) is 16.9. The highest BCUT2D eigenvalue weighted by Crippen LogP contribution is 2.36. The average Bonchev–Trinajstić information content (AvgIpc) is 3.19. The lowest BCUT2D eigenvalue weighted by molar-refractivity contribution is -0.141. The number of aromatic nitrogens is 4. The number of fused-ring (bicyclic) bond motifs is 1. The minimum absolute atomic E-state index is 0.0826. The van der Waals surface area contributed by atoms with E-state index in [0.717, 1.165) is 22.7 Å². The van der Waals surface area contributed by atoms with Crippen molar-refractivity contribution in [2.45, 2.75) is 31.2 Å². The van der Waals surface area contributed by atoms with Gasteiger partial charge in [-0.25, -0.2) is 9.67 Å². The summed E-state index contributed by atoms with van der Waals surface area (Å²) < 4.78 is 40.7. The number of nitrogens with zero attached hydrogens (tertiary/aromatic N) is 4. The van der Waals surface area contributed by atoms with Gasteiger partial charge in [0.15, 0.2) is 5.82 Å². The van der Waals surface area contributed by atoms with Crippen LogP contribution in [-0.4, -0.2) is 31.0 Å². The van der Waals surface area contributed by atoms with Crippen LogP contribution < -0.4 is 5.73 Å². The summed E-state index contributed by atoms with van der Waals surface area (Å²) in [7, 11) is 0. The number of hydrogen-bond acceptors (Lipinski definition) is 5. The summed E-state index contributed by atoms with van der Waals surface area (Å²) in [5.41, 5.74) is 8.22. The molecule has 0 saturated heterocycles. The van der Waals surface area contributed by atoms with Gasteiger partial charge in [-0.1, -0.05) is 24.3 Å². The number of nitrogens with two attached hydrogens (primary N) is 1. The molecule has 0 radical (unpaired) electrons. The number of benzene rings is 1. The van der Waals surface area contributed by atoms with Gasteiger partial charge >= 0.3 is 6.18 Å². The lowest BCUT2D eigenvalue weighted by Crippen LogP contribution is -2.36. The van der Waals surface area contributed by atoms with Crippen molar-refractivity contribution in [2.24, 2.45) is 11.7 Å². The third-order valence-corrected chi connectivity index (χ3v) is 5.88. The van der Waals surface area contributed by atoms with Gasteiger partial charge in [0.05, 0.1) is 35.2 Å². The highest BCUT2D eigenvalue weighted by molar-refractivity contribution is 5.84. The quantitative estimate of drug-likeness (QED) is 0.496. The first-order chi connectivity index (χ1) is 15.3. The Labute approximate surface area is 181 Å². The molecule has 1 saturated carbocycles. The van der Waals surface area contributed by atoms with Crippen LogP contribution in [0.4, 0.5) is 13.2 Å². The second-order valence-electron chi connectivity index (χ2n) is 8.07. The molecule has 0 spiro atoms. The SMILES string of the molecule is N[C@H](c1cccc(-c2ccc3cnn(-c4cccc(C(F)(F)F)n4)c3c2)n1)C1CC(O)C1. The summed E-state index contributed by atoms with van der Waals surface area (Å²) >= 11 is 0. The van der Waals surface area contributed by atoms with Crippen LogP contribution in [0.2, 0.25) is 0 Å². The number of rotatable bonds is 4. The van der Waals surface area contributed by atoms with E-state index in [4.69, 9.17) is 10.7 Å². The maximum absolute atomic E-state index is 13.1. The fourth-order valence-corrected chi connectivity index (χ4v) is 4.02. The maximum atomic E-state index is 13.1. The smallest absolute Gasteiger partial charge is 0.393 e. The van der Waals surface area contributed by atoms with Crippen LogP contribution in [0, 0.1) is 5.92 Å². The zero-order valence-corrected chi connectivity index (χ0v) is 16.9. The van der Waals surface area contributed by atoms with E-state index in [1.807, 2.05) is 36.4 Å². The first-order valence-corrected chi connectivity index (χ1v) is 10.2. The Morgan fingerprint density at radius 2 is 1.81 bits per heavy atom. The average molecular weight is 439 g/mol. The zero-order chi connectivity index (χ0) is 22.5. The second-order valence-corrected chi connectivity index (χ2v) is 8.07. The van der Waals surface area contributed by atoms with Crippen LogP contribution in [0.3, 0.4) is 0 Å². The van der Waals surface area contributed by atoms with E-state index in [9.17, 15) is 18.3 Å². The highest BCUT2D eigenvalue weighted by atomic mass is 19.4. The summed E-state index contributed by atoms with van der Waals surface area (Å²) in [5, 5.41) is 14.6. The molecule has 1 aromatic carbocycles. The Kier molecular flexibility index (Phi) is 4.94. The molecule has 3 aromatic heterocycles. The number of aliphatic hydroxyl groups is 1. The molecule has 1 atom stereocenters. The van der Waals surface area contributed by atoms with Crippen LogP contribution in [0.5, 0.6) is 0 Å². The fraction of sp³-hybridized carbons (Fsp3) is 0.261. The van der Waals surface area contributed by atoms with Gasteiger partial charge in [0, 0.05) is 10.9 Å². The van der Waals surface area contributed by atoms with Crippen molar-refractivity contribution < 1.29 is 18.3 Å². The standard InChI is InChI=1S/C23H20F3N5O/c24-23(25,26)20-5-2-6-21(30-20)31-19-11-13(7-8-14(19)12-28-31)17-3-1-4-18(29-17)22(27)15-9-16(32)10-15/h1-8,11-12,15-16,22,32H,9-10,27H2/t15?,16?,22-/m0/s1. The van der Waals surface area contributed by atoms with Crippen molar-refractivity contribution in [3.63, 3.8) is 0 Å². The third kappa shape index (κ3) is 3.74. The van der Waals surface area contributed by atoms with Gasteiger partial charge in [-0.2, -0.15) is 18.3 Å². The Balaban J connectivity index is 1.52. The summed E-state index contributed by atoms with van der Waals surface area (Å²) in [6.07, 6.45) is -1.90. The van der Waals surface area contributed by atoms with Crippen molar-refractivity contribution in [1.82, 2.24) is 19.7 Å². The molecule has 5 rings (SSSR count). The summed E-state index contributed by atoms with van der Waals surface area (Å²) in [6, 6.07) is 14.6. The van der Waals surface area contributed by atoms with Gasteiger partial charge in [0.25, 0.3) is 0 Å². The molecule has 32 heavy (non-hydrogen) atoms. The lowest BCUT2D eigenvalue weighted by atomic mass is 9.76. The van der Waals surface area contributed by atoms with E-state index in [-0.39, 0.29) is 23.9 Å².